The number of rotatable bonds is 1. The summed E-state index contributed by atoms with van der Waals surface area (Å²) in [6.45, 7) is 4.76. The van der Waals surface area contributed by atoms with E-state index in [0.29, 0.717) is 23.9 Å². The third-order valence-electron chi connectivity index (χ3n) is 8.74. The highest BCUT2D eigenvalue weighted by atomic mass is 15.4. The molecule has 1 aromatic carbocycles. The molecule has 3 heteroatoms. The number of nitrogens with zero attached hydrogens (tertiary/aromatic N) is 3. The molecule has 1 fully saturated rings. The number of likely N-dealkylation sites (N-methyl/N-ethyl adjacent to an activating group) is 1. The van der Waals surface area contributed by atoms with Crippen LogP contribution in [0.1, 0.15) is 31.5 Å². The second-order valence-corrected chi connectivity index (χ2v) is 10.8. The number of hydrogen-bond acceptors (Lipinski definition) is 1. The van der Waals surface area contributed by atoms with E-state index in [0.717, 1.165) is 17.3 Å². The Bertz CT molecular complexity index is 1320. The molecule has 0 N–H and O–H groups in total. The van der Waals surface area contributed by atoms with E-state index < -0.39 is 0 Å². The predicted molar refractivity (Wildman–Crippen MR) is 131 cm³/mol. The van der Waals surface area contributed by atoms with Gasteiger partial charge in [-0.05, 0) is 42.0 Å². The zero-order valence-electron chi connectivity index (χ0n) is 19.8. The Balaban J connectivity index is 1.57. The van der Waals surface area contributed by atoms with Crippen LogP contribution < -0.4 is 0 Å². The molecule has 1 aromatic heterocycles. The topological polar surface area (TPSA) is 28.7 Å². The highest BCUT2D eigenvalue weighted by molar-refractivity contribution is 5.92. The quantitative estimate of drug-likeness (QED) is 0.554. The fourth-order valence-corrected chi connectivity index (χ4v) is 7.36. The maximum atomic E-state index is 9.82. The van der Waals surface area contributed by atoms with Gasteiger partial charge in [-0.1, -0.05) is 50.3 Å². The number of benzene rings is 1. The SMILES string of the molecule is CC1Cc2c(c3ccccc3n2C)C=C1C1C2=CCC(C#N)C3=C2C(C(C)C=C3)[N+]1(C)C. The van der Waals surface area contributed by atoms with Gasteiger partial charge < -0.3 is 9.05 Å². The van der Waals surface area contributed by atoms with Gasteiger partial charge in [0.05, 0.1) is 26.1 Å². The molecule has 3 aliphatic carbocycles. The van der Waals surface area contributed by atoms with E-state index in [2.05, 4.69) is 94.2 Å². The monoisotopic (exact) mass is 422 g/mol. The van der Waals surface area contributed by atoms with Crippen LogP contribution in [0.5, 0.6) is 0 Å². The Kier molecular flexibility index (Phi) is 4.08. The van der Waals surface area contributed by atoms with E-state index in [1.807, 2.05) is 0 Å². The van der Waals surface area contributed by atoms with Crippen LogP contribution in [0.4, 0.5) is 0 Å². The molecule has 0 amide bonds. The summed E-state index contributed by atoms with van der Waals surface area (Å²) in [6, 6.07) is 12.2. The Morgan fingerprint density at radius 1 is 1.16 bits per heavy atom. The molecule has 3 nitrogen and oxygen atoms in total. The molecule has 2 heterocycles. The van der Waals surface area contributed by atoms with E-state index in [-0.39, 0.29) is 5.92 Å². The van der Waals surface area contributed by atoms with Gasteiger partial charge in [0.15, 0.2) is 0 Å². The Hall–Kier alpha value is -2.83. The predicted octanol–water partition coefficient (Wildman–Crippen LogP) is 5.55. The van der Waals surface area contributed by atoms with Gasteiger partial charge in [0.2, 0.25) is 0 Å². The first-order valence-corrected chi connectivity index (χ1v) is 12.0. The molecule has 0 radical (unpaired) electrons. The van der Waals surface area contributed by atoms with Crippen LogP contribution in [0.25, 0.3) is 17.0 Å². The van der Waals surface area contributed by atoms with Crippen molar-refractivity contribution in [3.05, 3.63) is 76.0 Å². The Morgan fingerprint density at radius 3 is 2.72 bits per heavy atom. The third kappa shape index (κ3) is 2.39. The summed E-state index contributed by atoms with van der Waals surface area (Å²) in [4.78, 5) is 0. The average molecular weight is 423 g/mol. The second-order valence-electron chi connectivity index (χ2n) is 10.8. The van der Waals surface area contributed by atoms with Crippen molar-refractivity contribution in [2.75, 3.05) is 14.1 Å². The molecular formula is C29H32N3+. The summed E-state index contributed by atoms with van der Waals surface area (Å²) in [5.41, 5.74) is 10.0. The van der Waals surface area contributed by atoms with Crippen molar-refractivity contribution in [2.45, 2.75) is 38.8 Å². The molecule has 5 atom stereocenters. The van der Waals surface area contributed by atoms with Gasteiger partial charge in [-0.2, -0.15) is 5.26 Å². The average Bonchev–Trinajstić information content (AvgIpc) is 3.19. The fourth-order valence-electron chi connectivity index (χ4n) is 7.36. The van der Waals surface area contributed by atoms with Crippen LogP contribution >= 0.6 is 0 Å². The number of aromatic nitrogens is 1. The Morgan fingerprint density at radius 2 is 1.94 bits per heavy atom. The van der Waals surface area contributed by atoms with Crippen LogP contribution in [-0.4, -0.2) is 35.2 Å². The van der Waals surface area contributed by atoms with Crippen molar-refractivity contribution in [1.29, 1.82) is 5.26 Å². The van der Waals surface area contributed by atoms with E-state index in [9.17, 15) is 5.26 Å². The molecule has 0 bridgehead atoms. The first-order chi connectivity index (χ1) is 15.3. The molecule has 0 saturated carbocycles. The van der Waals surface area contributed by atoms with Gasteiger partial charge >= 0.3 is 0 Å². The second kappa shape index (κ2) is 6.59. The number of para-hydroxylation sites is 1. The number of allylic oxidation sites excluding steroid dienone is 3. The van der Waals surface area contributed by atoms with Crippen molar-refractivity contribution in [3.8, 4) is 6.07 Å². The molecule has 1 saturated heterocycles. The minimum Gasteiger partial charge on any atom is -0.347 e. The number of aryl methyl sites for hydroxylation is 1. The van der Waals surface area contributed by atoms with E-state index in [4.69, 9.17) is 0 Å². The summed E-state index contributed by atoms with van der Waals surface area (Å²) in [6.07, 6.45) is 11.5. The van der Waals surface area contributed by atoms with Crippen LogP contribution in [-0.2, 0) is 13.5 Å². The van der Waals surface area contributed by atoms with Gasteiger partial charge in [0, 0.05) is 46.3 Å². The van der Waals surface area contributed by atoms with Gasteiger partial charge in [0.25, 0.3) is 0 Å². The molecule has 5 unspecified atom stereocenters. The first-order valence-electron chi connectivity index (χ1n) is 12.0. The largest absolute Gasteiger partial charge is 0.347 e. The lowest BCUT2D eigenvalue weighted by atomic mass is 9.74. The standard InChI is InChI=1S/C29H32N3/c1-17-10-12-20-19(16-30)11-13-22-27(20)28(17)32(4,5)29(22)23-15-24-21-8-6-7-9-25(21)31(3)26(24)14-18(23)2/h6-10,12-13,15,17-19,28-29H,11,14H2,1-5H3/q+1. The molecular weight excluding hydrogens is 390 g/mol. The first kappa shape index (κ1) is 19.8. The van der Waals surface area contributed by atoms with E-state index in [1.54, 1.807) is 5.57 Å². The Labute approximate surface area is 191 Å². The minimum atomic E-state index is 0.00109. The molecule has 1 aliphatic heterocycles. The van der Waals surface area contributed by atoms with Crippen molar-refractivity contribution in [2.24, 2.45) is 24.8 Å². The van der Waals surface area contributed by atoms with E-state index >= 15 is 0 Å². The lowest BCUT2D eigenvalue weighted by molar-refractivity contribution is -0.917. The number of likely N-dealkylation sites (tertiary alicyclic amines) is 1. The van der Waals surface area contributed by atoms with Crippen molar-refractivity contribution >= 4 is 17.0 Å². The normalized spacial score (nSPS) is 32.3. The lowest BCUT2D eigenvalue weighted by Crippen LogP contribution is -2.54. The number of nitriles is 1. The smallest absolute Gasteiger partial charge is 0.137 e. The van der Waals surface area contributed by atoms with Crippen LogP contribution in [0.3, 0.4) is 0 Å². The minimum absolute atomic E-state index is 0.00109. The molecule has 0 spiro atoms. The number of quaternary nitrogens is 1. The summed E-state index contributed by atoms with van der Waals surface area (Å²) >= 11 is 0. The molecule has 2 aromatic rings. The van der Waals surface area contributed by atoms with Gasteiger partial charge in [-0.25, -0.2) is 0 Å². The van der Waals surface area contributed by atoms with Crippen molar-refractivity contribution in [3.63, 3.8) is 0 Å². The van der Waals surface area contributed by atoms with Crippen LogP contribution in [0.15, 0.2) is 64.8 Å². The lowest BCUT2D eigenvalue weighted by Gasteiger charge is -2.42. The maximum Gasteiger partial charge on any atom is 0.137 e. The highest BCUT2D eigenvalue weighted by Gasteiger charge is 2.56. The van der Waals surface area contributed by atoms with Gasteiger partial charge in [-0.3, -0.25) is 0 Å². The van der Waals surface area contributed by atoms with Gasteiger partial charge in [0.1, 0.15) is 12.1 Å². The highest BCUT2D eigenvalue weighted by Crippen LogP contribution is 2.54. The molecule has 6 rings (SSSR count). The van der Waals surface area contributed by atoms with Crippen molar-refractivity contribution in [1.82, 2.24) is 4.57 Å². The van der Waals surface area contributed by atoms with E-state index in [1.165, 1.54) is 38.9 Å². The van der Waals surface area contributed by atoms with Crippen molar-refractivity contribution < 1.29 is 4.48 Å². The molecule has 32 heavy (non-hydrogen) atoms. The molecule has 162 valence electrons. The third-order valence-corrected chi connectivity index (χ3v) is 8.74. The number of hydrogen-bond donors (Lipinski definition) is 0. The summed E-state index contributed by atoms with van der Waals surface area (Å²) in [7, 11) is 7.05. The summed E-state index contributed by atoms with van der Waals surface area (Å²) in [5, 5.41) is 11.2. The summed E-state index contributed by atoms with van der Waals surface area (Å²) in [5.74, 6) is 0.971. The fraction of sp³-hybridized carbons (Fsp3) is 0.414. The zero-order chi connectivity index (χ0) is 22.4. The van der Waals surface area contributed by atoms with Crippen LogP contribution in [0, 0.1) is 29.1 Å². The zero-order valence-corrected chi connectivity index (χ0v) is 19.8. The number of fused-ring (bicyclic) bond motifs is 3. The summed E-state index contributed by atoms with van der Waals surface area (Å²) < 4.78 is 3.34. The molecule has 4 aliphatic rings. The van der Waals surface area contributed by atoms with Crippen LogP contribution in [0.2, 0.25) is 0 Å². The van der Waals surface area contributed by atoms with Gasteiger partial charge in [-0.15, -0.1) is 0 Å². The maximum absolute atomic E-state index is 9.82.